The van der Waals surface area contributed by atoms with Gasteiger partial charge in [0.25, 0.3) is 0 Å². The smallest absolute Gasteiger partial charge is 0.308 e. The average molecular weight is 259 g/mol. The highest BCUT2D eigenvalue weighted by molar-refractivity contribution is 5.70. The lowest BCUT2D eigenvalue weighted by atomic mass is 10.0. The monoisotopic (exact) mass is 259 g/mol. The lowest BCUT2D eigenvalue weighted by molar-refractivity contribution is -0.132. The van der Waals surface area contributed by atoms with Gasteiger partial charge in [0, 0.05) is 19.4 Å². The number of hydrogen-bond donors (Lipinski definition) is 1. The number of halogens is 2. The van der Waals surface area contributed by atoms with Crippen LogP contribution < -0.4 is 15.2 Å². The van der Waals surface area contributed by atoms with E-state index in [0.29, 0.717) is 5.56 Å². The molecule has 0 spiro atoms. The van der Waals surface area contributed by atoms with Gasteiger partial charge in [0.15, 0.2) is 11.5 Å². The van der Waals surface area contributed by atoms with Gasteiger partial charge in [-0.1, -0.05) is 6.07 Å². The van der Waals surface area contributed by atoms with E-state index in [1.807, 2.05) is 0 Å². The zero-order valence-electron chi connectivity index (χ0n) is 10.2. The molecule has 6 heteroatoms. The van der Waals surface area contributed by atoms with Crippen LogP contribution in [0.4, 0.5) is 8.78 Å². The number of rotatable bonds is 5. The molecule has 0 saturated heterocycles. The molecule has 1 aromatic rings. The van der Waals surface area contributed by atoms with Gasteiger partial charge in [-0.15, -0.1) is 0 Å². The largest absolute Gasteiger partial charge is 0.493 e. The highest BCUT2D eigenvalue weighted by Gasteiger charge is 2.15. The molecule has 0 fully saturated rings. The quantitative estimate of drug-likeness (QED) is 0.651. The molecule has 1 aromatic carbocycles. The summed E-state index contributed by atoms with van der Waals surface area (Å²) in [5.74, 6) is 0.0309. The van der Waals surface area contributed by atoms with Crippen LogP contribution in [0.2, 0.25) is 0 Å². The van der Waals surface area contributed by atoms with E-state index in [4.69, 9.17) is 15.2 Å². The van der Waals surface area contributed by atoms with Crippen molar-refractivity contribution < 1.29 is 23.0 Å². The van der Waals surface area contributed by atoms with Crippen LogP contribution in [0.5, 0.6) is 11.5 Å². The maximum atomic E-state index is 12.2. The Hall–Kier alpha value is -1.69. The van der Waals surface area contributed by atoms with E-state index < -0.39 is 24.9 Å². The molecule has 0 unspecified atom stereocenters. The Labute approximate surface area is 104 Å². The van der Waals surface area contributed by atoms with E-state index in [1.54, 1.807) is 0 Å². The van der Waals surface area contributed by atoms with Gasteiger partial charge in [-0.3, -0.25) is 4.79 Å². The van der Waals surface area contributed by atoms with Crippen molar-refractivity contribution in [2.75, 3.05) is 7.11 Å². The van der Waals surface area contributed by atoms with Gasteiger partial charge in [0.2, 0.25) is 6.43 Å². The molecule has 0 radical (unpaired) electrons. The van der Waals surface area contributed by atoms with Gasteiger partial charge in [-0.2, -0.15) is 0 Å². The predicted octanol–water partition coefficient (Wildman–Crippen LogP) is 2.28. The summed E-state index contributed by atoms with van der Waals surface area (Å²) in [6, 6.07) is 3.71. The maximum absolute atomic E-state index is 12.2. The lowest BCUT2D eigenvalue weighted by Gasteiger charge is -2.14. The molecule has 2 N–H and O–H groups in total. The minimum atomic E-state index is -2.47. The first-order chi connectivity index (χ1) is 8.43. The van der Waals surface area contributed by atoms with Crippen LogP contribution in [-0.4, -0.2) is 19.5 Å². The van der Waals surface area contributed by atoms with Gasteiger partial charge in [-0.05, 0) is 17.7 Å². The molecule has 0 aliphatic heterocycles. The highest BCUT2D eigenvalue weighted by atomic mass is 19.3. The van der Waals surface area contributed by atoms with Crippen molar-refractivity contribution in [2.24, 2.45) is 5.73 Å². The number of methoxy groups -OCH3 is 1. The molecule has 0 aliphatic carbocycles. The number of benzene rings is 1. The fraction of sp³-hybridized carbons (Fsp3) is 0.417. The number of alkyl halides is 2. The molecule has 0 heterocycles. The summed E-state index contributed by atoms with van der Waals surface area (Å²) in [4.78, 5) is 10.8. The predicted molar refractivity (Wildman–Crippen MR) is 61.9 cm³/mol. The normalized spacial score (nSPS) is 12.3. The Morgan fingerprint density at radius 1 is 1.39 bits per heavy atom. The van der Waals surface area contributed by atoms with Crippen LogP contribution in [0.25, 0.3) is 0 Å². The second kappa shape index (κ2) is 6.30. The van der Waals surface area contributed by atoms with Crippen molar-refractivity contribution in [1.29, 1.82) is 0 Å². The van der Waals surface area contributed by atoms with Crippen molar-refractivity contribution in [3.05, 3.63) is 23.8 Å². The minimum Gasteiger partial charge on any atom is -0.493 e. The number of ether oxygens (including phenoxy) is 2. The average Bonchev–Trinajstić information content (AvgIpc) is 2.27. The van der Waals surface area contributed by atoms with Gasteiger partial charge in [0.1, 0.15) is 0 Å². The highest BCUT2D eigenvalue weighted by Crippen LogP contribution is 2.31. The zero-order chi connectivity index (χ0) is 13.7. The Kier molecular flexibility index (Phi) is 5.03. The molecule has 0 bridgehead atoms. The van der Waals surface area contributed by atoms with Crippen LogP contribution in [0.1, 0.15) is 24.9 Å². The molecule has 1 rings (SSSR count). The molecule has 18 heavy (non-hydrogen) atoms. The second-order valence-corrected chi connectivity index (χ2v) is 3.74. The summed E-state index contributed by atoms with van der Waals surface area (Å²) in [5.41, 5.74) is 6.13. The summed E-state index contributed by atoms with van der Waals surface area (Å²) >= 11 is 0. The summed E-state index contributed by atoms with van der Waals surface area (Å²) in [7, 11) is 1.39. The van der Waals surface area contributed by atoms with E-state index in [1.165, 1.54) is 32.2 Å². The van der Waals surface area contributed by atoms with Crippen molar-refractivity contribution in [2.45, 2.75) is 25.8 Å². The first kappa shape index (κ1) is 14.4. The van der Waals surface area contributed by atoms with Gasteiger partial charge in [-0.25, -0.2) is 8.78 Å². The number of carbonyl (C=O) groups excluding carboxylic acids is 1. The summed E-state index contributed by atoms with van der Waals surface area (Å²) < 4.78 is 34.4. The fourth-order valence-electron chi connectivity index (χ4n) is 1.48. The molecule has 4 nitrogen and oxygen atoms in total. The Balaban J connectivity index is 2.94. The van der Waals surface area contributed by atoms with Crippen LogP contribution in [0, 0.1) is 0 Å². The summed E-state index contributed by atoms with van der Waals surface area (Å²) in [6.07, 6.45) is -2.91. The van der Waals surface area contributed by atoms with E-state index in [9.17, 15) is 13.6 Å². The summed E-state index contributed by atoms with van der Waals surface area (Å²) in [5, 5.41) is 0. The third-order valence-corrected chi connectivity index (χ3v) is 2.30. The first-order valence-electron chi connectivity index (χ1n) is 5.34. The molecule has 100 valence electrons. The molecule has 1 atom stereocenters. The van der Waals surface area contributed by atoms with Crippen molar-refractivity contribution >= 4 is 5.97 Å². The number of hydrogen-bond acceptors (Lipinski definition) is 4. The minimum absolute atomic E-state index is 0.234. The molecular weight excluding hydrogens is 244 g/mol. The van der Waals surface area contributed by atoms with Crippen LogP contribution >= 0.6 is 0 Å². The van der Waals surface area contributed by atoms with E-state index >= 15 is 0 Å². The van der Waals surface area contributed by atoms with E-state index in [0.717, 1.165) is 0 Å². The third-order valence-electron chi connectivity index (χ3n) is 2.30. The zero-order valence-corrected chi connectivity index (χ0v) is 10.2. The molecule has 0 saturated carbocycles. The van der Waals surface area contributed by atoms with Crippen LogP contribution in [-0.2, 0) is 4.79 Å². The van der Waals surface area contributed by atoms with Crippen molar-refractivity contribution in [3.63, 3.8) is 0 Å². The molecule has 0 amide bonds. The first-order valence-corrected chi connectivity index (χ1v) is 5.34. The third kappa shape index (κ3) is 3.96. The van der Waals surface area contributed by atoms with Gasteiger partial charge >= 0.3 is 5.97 Å². The van der Waals surface area contributed by atoms with E-state index in [-0.39, 0.29) is 11.5 Å². The summed E-state index contributed by atoms with van der Waals surface area (Å²) in [6.45, 7) is 1.26. The van der Waals surface area contributed by atoms with Gasteiger partial charge in [0.05, 0.1) is 7.11 Å². The Morgan fingerprint density at radius 3 is 2.56 bits per heavy atom. The van der Waals surface area contributed by atoms with Crippen molar-refractivity contribution in [3.8, 4) is 11.5 Å². The van der Waals surface area contributed by atoms with Crippen LogP contribution in [0.3, 0.4) is 0 Å². The standard InChI is InChI=1S/C12H15F2NO3/c1-7(16)18-10-4-3-8(5-11(10)17-2)9(15)6-12(13)14/h3-5,9,12H,6,15H2,1-2H3/t9-/m1/s1. The molecule has 0 aromatic heterocycles. The maximum Gasteiger partial charge on any atom is 0.308 e. The number of carbonyl (C=O) groups is 1. The van der Waals surface area contributed by atoms with E-state index in [2.05, 4.69) is 0 Å². The van der Waals surface area contributed by atoms with Crippen LogP contribution in [0.15, 0.2) is 18.2 Å². The molecule has 0 aliphatic rings. The Morgan fingerprint density at radius 2 is 2.06 bits per heavy atom. The lowest BCUT2D eigenvalue weighted by Crippen LogP contribution is -2.14. The molecular formula is C12H15F2NO3. The topological polar surface area (TPSA) is 61.6 Å². The number of nitrogens with two attached hydrogens (primary N) is 1. The fourth-order valence-corrected chi connectivity index (χ4v) is 1.48. The number of esters is 1. The van der Waals surface area contributed by atoms with Gasteiger partial charge < -0.3 is 15.2 Å². The Bertz CT molecular complexity index is 424. The van der Waals surface area contributed by atoms with Crippen molar-refractivity contribution in [1.82, 2.24) is 0 Å². The SMILES string of the molecule is COc1cc([C@H](N)CC(F)F)ccc1OC(C)=O. The second-order valence-electron chi connectivity index (χ2n) is 3.74.